The lowest BCUT2D eigenvalue weighted by molar-refractivity contribution is -0.134. The van der Waals surface area contributed by atoms with E-state index in [-0.39, 0.29) is 18.4 Å². The molecule has 3 rings (SSSR count). The Labute approximate surface area is 158 Å². The van der Waals surface area contributed by atoms with Crippen molar-refractivity contribution in [3.63, 3.8) is 0 Å². The van der Waals surface area contributed by atoms with Gasteiger partial charge in [0.15, 0.2) is 6.61 Å². The van der Waals surface area contributed by atoms with Crippen molar-refractivity contribution in [3.05, 3.63) is 52.2 Å². The molecule has 26 heavy (non-hydrogen) atoms. The molecular weight excluding hydrogens is 348 g/mol. The summed E-state index contributed by atoms with van der Waals surface area (Å²) >= 11 is 1.45. The molecule has 1 saturated heterocycles. The number of amides is 2. The van der Waals surface area contributed by atoms with Crippen molar-refractivity contribution in [2.45, 2.75) is 19.8 Å². The largest absolute Gasteiger partial charge is 0.484 e. The summed E-state index contributed by atoms with van der Waals surface area (Å²) in [5.41, 5.74) is 1.25. The zero-order valence-corrected chi connectivity index (χ0v) is 16.0. The van der Waals surface area contributed by atoms with E-state index in [1.165, 1.54) is 16.9 Å². The number of piperazine rings is 1. The van der Waals surface area contributed by atoms with E-state index >= 15 is 0 Å². The lowest BCUT2D eigenvalue weighted by Crippen LogP contribution is -2.51. The maximum atomic E-state index is 12.4. The Hall–Kier alpha value is -2.34. The average molecular weight is 372 g/mol. The van der Waals surface area contributed by atoms with Crippen LogP contribution < -0.4 is 4.74 Å². The van der Waals surface area contributed by atoms with Gasteiger partial charge in [-0.3, -0.25) is 9.59 Å². The molecule has 0 unspecified atom stereocenters. The maximum absolute atomic E-state index is 12.4. The maximum Gasteiger partial charge on any atom is 0.264 e. The van der Waals surface area contributed by atoms with E-state index in [1.54, 1.807) is 9.80 Å². The van der Waals surface area contributed by atoms with Gasteiger partial charge in [0.05, 0.1) is 4.88 Å². The van der Waals surface area contributed by atoms with E-state index in [1.807, 2.05) is 41.8 Å². The molecule has 1 aromatic carbocycles. The number of rotatable bonds is 5. The number of ether oxygens (including phenoxy) is 1. The lowest BCUT2D eigenvalue weighted by atomic mass is 10.0. The number of thiophene rings is 1. The molecule has 0 aliphatic carbocycles. The lowest BCUT2D eigenvalue weighted by Gasteiger charge is -2.34. The van der Waals surface area contributed by atoms with E-state index in [9.17, 15) is 9.59 Å². The van der Waals surface area contributed by atoms with Crippen LogP contribution in [0.15, 0.2) is 41.8 Å². The minimum absolute atomic E-state index is 0.0277. The van der Waals surface area contributed by atoms with E-state index in [2.05, 4.69) is 13.8 Å². The fourth-order valence-electron chi connectivity index (χ4n) is 2.90. The average Bonchev–Trinajstić information content (AvgIpc) is 3.20. The normalized spacial score (nSPS) is 14.6. The first-order valence-electron chi connectivity index (χ1n) is 8.88. The van der Waals surface area contributed by atoms with E-state index in [0.717, 1.165) is 4.88 Å². The van der Waals surface area contributed by atoms with Gasteiger partial charge in [0.25, 0.3) is 11.8 Å². The second-order valence-electron chi connectivity index (χ2n) is 6.66. The molecule has 0 spiro atoms. The van der Waals surface area contributed by atoms with Crippen molar-refractivity contribution in [2.75, 3.05) is 32.8 Å². The minimum Gasteiger partial charge on any atom is -0.484 e. The van der Waals surface area contributed by atoms with Crippen molar-refractivity contribution in [2.24, 2.45) is 0 Å². The van der Waals surface area contributed by atoms with Crippen LogP contribution in [0.4, 0.5) is 0 Å². The summed E-state index contributed by atoms with van der Waals surface area (Å²) in [6.07, 6.45) is 0. The number of nitrogens with zero attached hydrogens (tertiary/aromatic N) is 2. The van der Waals surface area contributed by atoms with Crippen molar-refractivity contribution in [3.8, 4) is 5.75 Å². The van der Waals surface area contributed by atoms with Crippen LogP contribution >= 0.6 is 11.3 Å². The Balaban J connectivity index is 1.45. The summed E-state index contributed by atoms with van der Waals surface area (Å²) in [6, 6.07) is 11.6. The predicted molar refractivity (Wildman–Crippen MR) is 103 cm³/mol. The third-order valence-corrected chi connectivity index (χ3v) is 5.42. The Morgan fingerprint density at radius 1 is 1.04 bits per heavy atom. The Bertz CT molecular complexity index is 733. The quantitative estimate of drug-likeness (QED) is 0.810. The highest BCUT2D eigenvalue weighted by Crippen LogP contribution is 2.19. The van der Waals surface area contributed by atoms with Crippen molar-refractivity contribution < 1.29 is 14.3 Å². The predicted octanol–water partition coefficient (Wildman–Crippen LogP) is 3.23. The zero-order valence-electron chi connectivity index (χ0n) is 15.2. The summed E-state index contributed by atoms with van der Waals surface area (Å²) < 4.78 is 5.62. The number of carbonyl (C=O) groups excluding carboxylic acids is 2. The molecule has 0 N–H and O–H groups in total. The summed E-state index contributed by atoms with van der Waals surface area (Å²) in [5.74, 6) is 1.18. The first kappa shape index (κ1) is 18.5. The molecule has 1 aliphatic rings. The van der Waals surface area contributed by atoms with E-state index < -0.39 is 0 Å². The molecule has 5 nitrogen and oxygen atoms in total. The first-order chi connectivity index (χ1) is 12.5. The molecule has 1 fully saturated rings. The van der Waals surface area contributed by atoms with E-state index in [4.69, 9.17) is 4.74 Å². The van der Waals surface area contributed by atoms with Crippen LogP contribution in [0.25, 0.3) is 0 Å². The van der Waals surface area contributed by atoms with Gasteiger partial charge in [-0.05, 0) is 35.1 Å². The van der Waals surface area contributed by atoms with Gasteiger partial charge in [0, 0.05) is 26.2 Å². The van der Waals surface area contributed by atoms with Crippen LogP contribution in [0.3, 0.4) is 0 Å². The topological polar surface area (TPSA) is 49.9 Å². The molecule has 0 atom stereocenters. The van der Waals surface area contributed by atoms with Gasteiger partial charge in [0.1, 0.15) is 5.75 Å². The Kier molecular flexibility index (Phi) is 5.93. The molecule has 138 valence electrons. The van der Waals surface area contributed by atoms with E-state index in [0.29, 0.717) is 37.8 Å². The van der Waals surface area contributed by atoms with Gasteiger partial charge >= 0.3 is 0 Å². The van der Waals surface area contributed by atoms with Crippen LogP contribution in [0, 0.1) is 0 Å². The van der Waals surface area contributed by atoms with Crippen LogP contribution in [-0.4, -0.2) is 54.4 Å². The van der Waals surface area contributed by atoms with Crippen LogP contribution in [-0.2, 0) is 4.79 Å². The third-order valence-electron chi connectivity index (χ3n) is 4.56. The van der Waals surface area contributed by atoms with Gasteiger partial charge in [0.2, 0.25) is 0 Å². The summed E-state index contributed by atoms with van der Waals surface area (Å²) in [4.78, 5) is 29.0. The van der Waals surface area contributed by atoms with Gasteiger partial charge < -0.3 is 14.5 Å². The third kappa shape index (κ3) is 4.43. The molecule has 0 saturated carbocycles. The van der Waals surface area contributed by atoms with Gasteiger partial charge in [-0.15, -0.1) is 11.3 Å². The molecule has 2 aromatic rings. The smallest absolute Gasteiger partial charge is 0.264 e. The highest BCUT2D eigenvalue weighted by atomic mass is 32.1. The number of carbonyl (C=O) groups is 2. The highest BCUT2D eigenvalue weighted by molar-refractivity contribution is 7.12. The second-order valence-corrected chi connectivity index (χ2v) is 7.61. The Morgan fingerprint density at radius 3 is 2.27 bits per heavy atom. The molecule has 0 radical (unpaired) electrons. The molecule has 2 amide bonds. The van der Waals surface area contributed by atoms with Crippen molar-refractivity contribution in [1.29, 1.82) is 0 Å². The summed E-state index contributed by atoms with van der Waals surface area (Å²) in [6.45, 7) is 6.53. The fraction of sp³-hybridized carbons (Fsp3) is 0.400. The molecule has 1 aliphatic heterocycles. The first-order valence-corrected chi connectivity index (χ1v) is 9.76. The molecule has 6 heteroatoms. The highest BCUT2D eigenvalue weighted by Gasteiger charge is 2.25. The van der Waals surface area contributed by atoms with Crippen molar-refractivity contribution in [1.82, 2.24) is 9.80 Å². The SMILES string of the molecule is CC(C)c1ccc(OCC(=O)N2CCN(C(=O)c3cccs3)CC2)cc1. The van der Waals surface area contributed by atoms with Crippen molar-refractivity contribution >= 4 is 23.2 Å². The zero-order chi connectivity index (χ0) is 18.5. The molecular formula is C20H24N2O3S. The fourth-order valence-corrected chi connectivity index (χ4v) is 3.59. The van der Waals surface area contributed by atoms with Crippen LogP contribution in [0.2, 0.25) is 0 Å². The van der Waals surface area contributed by atoms with Gasteiger partial charge in [-0.1, -0.05) is 32.0 Å². The molecule has 0 bridgehead atoms. The summed E-state index contributed by atoms with van der Waals surface area (Å²) in [7, 11) is 0. The second kappa shape index (κ2) is 8.36. The number of hydrogen-bond donors (Lipinski definition) is 0. The number of hydrogen-bond acceptors (Lipinski definition) is 4. The molecule has 1 aromatic heterocycles. The van der Waals surface area contributed by atoms with Gasteiger partial charge in [-0.2, -0.15) is 0 Å². The van der Waals surface area contributed by atoms with Crippen LogP contribution in [0.1, 0.15) is 35.0 Å². The summed E-state index contributed by atoms with van der Waals surface area (Å²) in [5, 5.41) is 1.90. The number of benzene rings is 1. The minimum atomic E-state index is -0.0406. The molecule has 2 heterocycles. The van der Waals surface area contributed by atoms with Crippen LogP contribution in [0.5, 0.6) is 5.75 Å². The standard InChI is InChI=1S/C20H24N2O3S/c1-15(2)16-5-7-17(8-6-16)25-14-19(23)21-9-11-22(12-10-21)20(24)18-4-3-13-26-18/h3-8,13,15H,9-12,14H2,1-2H3. The Morgan fingerprint density at radius 2 is 1.69 bits per heavy atom. The van der Waals surface area contributed by atoms with Gasteiger partial charge in [-0.25, -0.2) is 0 Å². The monoisotopic (exact) mass is 372 g/mol.